The molecule has 18 heavy (non-hydrogen) atoms. The van der Waals surface area contributed by atoms with E-state index in [1.807, 2.05) is 12.1 Å². The lowest BCUT2D eigenvalue weighted by Crippen LogP contribution is -2.15. The second-order valence-corrected chi connectivity index (χ2v) is 3.71. The van der Waals surface area contributed by atoms with Gasteiger partial charge in [-0.3, -0.25) is 0 Å². The summed E-state index contributed by atoms with van der Waals surface area (Å²) in [6.45, 7) is 3.09. The van der Waals surface area contributed by atoms with E-state index < -0.39 is 0 Å². The summed E-state index contributed by atoms with van der Waals surface area (Å²) in [7, 11) is 2.06. The van der Waals surface area contributed by atoms with Gasteiger partial charge in [-0.2, -0.15) is 10.3 Å². The van der Waals surface area contributed by atoms with E-state index in [4.69, 9.17) is 0 Å². The van der Waals surface area contributed by atoms with Gasteiger partial charge in [0.15, 0.2) is 0 Å². The van der Waals surface area contributed by atoms with Crippen molar-refractivity contribution in [2.75, 3.05) is 23.9 Å². The second kappa shape index (κ2) is 5.76. The maximum atomic E-state index is 4.01. The molecule has 0 aliphatic rings. The molecule has 2 rings (SSSR count). The first kappa shape index (κ1) is 12.0. The minimum absolute atomic E-state index is 0.341. The van der Waals surface area contributed by atoms with Crippen molar-refractivity contribution < 1.29 is 0 Å². The van der Waals surface area contributed by atoms with Crippen LogP contribution in [-0.2, 0) is 0 Å². The molecule has 0 aliphatic heterocycles. The lowest BCUT2D eigenvalue weighted by Gasteiger charge is -2.16. The predicted octanol–water partition coefficient (Wildman–Crippen LogP) is 1.10. The SMILES string of the molecule is CCN(C)c1ccc(/C=N\Nc2nn[nH]n2)cc1. The Morgan fingerprint density at radius 1 is 1.39 bits per heavy atom. The third kappa shape index (κ3) is 3.03. The highest BCUT2D eigenvalue weighted by Crippen LogP contribution is 2.12. The molecule has 94 valence electrons. The standard InChI is InChI=1S/C11H15N7/c1-3-18(2)10-6-4-9(5-7-10)8-12-13-11-14-16-17-15-11/h4-8H,3H2,1-2H3,(H2,13,14,15,16,17)/b12-8-. The summed E-state index contributed by atoms with van der Waals surface area (Å²) >= 11 is 0. The Morgan fingerprint density at radius 2 is 2.17 bits per heavy atom. The van der Waals surface area contributed by atoms with Crippen molar-refractivity contribution in [3.8, 4) is 0 Å². The molecule has 7 nitrogen and oxygen atoms in total. The molecule has 0 amide bonds. The van der Waals surface area contributed by atoms with Gasteiger partial charge in [0.2, 0.25) is 0 Å². The summed E-state index contributed by atoms with van der Waals surface area (Å²) in [6, 6.07) is 8.12. The molecule has 2 N–H and O–H groups in total. The Labute approximate surface area is 105 Å². The summed E-state index contributed by atoms with van der Waals surface area (Å²) in [5, 5.41) is 17.2. The summed E-state index contributed by atoms with van der Waals surface area (Å²) in [5.41, 5.74) is 4.85. The molecular formula is C11H15N7. The number of hydrazone groups is 1. The molecule has 0 saturated heterocycles. The number of nitrogens with zero attached hydrogens (tertiary/aromatic N) is 5. The van der Waals surface area contributed by atoms with E-state index in [2.05, 4.69) is 62.2 Å². The third-order valence-electron chi connectivity index (χ3n) is 2.53. The average molecular weight is 245 g/mol. The summed E-state index contributed by atoms with van der Waals surface area (Å²) in [6.07, 6.45) is 1.70. The number of anilines is 2. The topological polar surface area (TPSA) is 82.1 Å². The molecule has 0 aliphatic carbocycles. The van der Waals surface area contributed by atoms with Crippen molar-refractivity contribution >= 4 is 17.9 Å². The molecule has 0 atom stereocenters. The van der Waals surface area contributed by atoms with Gasteiger partial charge in [-0.15, -0.1) is 5.10 Å². The maximum absolute atomic E-state index is 4.01. The van der Waals surface area contributed by atoms with Crippen molar-refractivity contribution in [1.29, 1.82) is 0 Å². The molecule has 1 aromatic carbocycles. The van der Waals surface area contributed by atoms with E-state index in [0.717, 1.165) is 12.1 Å². The minimum Gasteiger partial charge on any atom is -0.375 e. The van der Waals surface area contributed by atoms with Gasteiger partial charge in [-0.05, 0) is 29.8 Å². The van der Waals surface area contributed by atoms with E-state index in [-0.39, 0.29) is 0 Å². The monoisotopic (exact) mass is 245 g/mol. The molecule has 0 fully saturated rings. The van der Waals surface area contributed by atoms with Gasteiger partial charge in [-0.1, -0.05) is 17.2 Å². The van der Waals surface area contributed by atoms with Gasteiger partial charge >= 0.3 is 0 Å². The van der Waals surface area contributed by atoms with Crippen LogP contribution >= 0.6 is 0 Å². The number of hydrogen-bond donors (Lipinski definition) is 2. The highest BCUT2D eigenvalue weighted by Gasteiger charge is 1.97. The highest BCUT2D eigenvalue weighted by atomic mass is 15.5. The first-order chi connectivity index (χ1) is 8.79. The van der Waals surface area contributed by atoms with Crippen molar-refractivity contribution in [1.82, 2.24) is 20.6 Å². The molecule has 1 aromatic heterocycles. The molecule has 0 saturated carbocycles. The van der Waals surface area contributed by atoms with Gasteiger partial charge in [0, 0.05) is 19.3 Å². The Morgan fingerprint density at radius 3 is 2.78 bits per heavy atom. The number of H-pyrrole nitrogens is 1. The van der Waals surface area contributed by atoms with Crippen molar-refractivity contribution in [3.05, 3.63) is 29.8 Å². The number of hydrogen-bond acceptors (Lipinski definition) is 6. The van der Waals surface area contributed by atoms with Crippen LogP contribution < -0.4 is 10.3 Å². The van der Waals surface area contributed by atoms with Crippen LogP contribution in [0.1, 0.15) is 12.5 Å². The first-order valence-electron chi connectivity index (χ1n) is 5.63. The maximum Gasteiger partial charge on any atom is 0.283 e. The van der Waals surface area contributed by atoms with Crippen LogP contribution in [0.2, 0.25) is 0 Å². The molecule has 2 aromatic rings. The van der Waals surface area contributed by atoms with Crippen LogP contribution in [0.25, 0.3) is 0 Å². The highest BCUT2D eigenvalue weighted by molar-refractivity contribution is 5.80. The third-order valence-corrected chi connectivity index (χ3v) is 2.53. The number of aromatic nitrogens is 4. The largest absolute Gasteiger partial charge is 0.375 e. The number of rotatable bonds is 5. The Balaban J connectivity index is 1.95. The van der Waals surface area contributed by atoms with Gasteiger partial charge in [-0.25, -0.2) is 5.43 Å². The van der Waals surface area contributed by atoms with Crippen molar-refractivity contribution in [2.24, 2.45) is 5.10 Å². The molecule has 0 spiro atoms. The van der Waals surface area contributed by atoms with E-state index in [9.17, 15) is 0 Å². The normalized spacial score (nSPS) is 10.8. The lowest BCUT2D eigenvalue weighted by molar-refractivity contribution is 0.881. The molecule has 7 heteroatoms. The van der Waals surface area contributed by atoms with Crippen molar-refractivity contribution in [3.63, 3.8) is 0 Å². The average Bonchev–Trinajstić information content (AvgIpc) is 2.92. The summed E-state index contributed by atoms with van der Waals surface area (Å²) < 4.78 is 0. The summed E-state index contributed by atoms with van der Waals surface area (Å²) in [4.78, 5) is 2.17. The fourth-order valence-electron chi connectivity index (χ4n) is 1.37. The smallest absolute Gasteiger partial charge is 0.283 e. The van der Waals surface area contributed by atoms with Gasteiger partial charge in [0.25, 0.3) is 5.95 Å². The quantitative estimate of drug-likeness (QED) is 0.609. The van der Waals surface area contributed by atoms with Crippen molar-refractivity contribution in [2.45, 2.75) is 6.92 Å². The van der Waals surface area contributed by atoms with Crippen LogP contribution in [0, 0.1) is 0 Å². The Hall–Kier alpha value is -2.44. The minimum atomic E-state index is 0.341. The Kier molecular flexibility index (Phi) is 3.85. The lowest BCUT2D eigenvalue weighted by atomic mass is 10.2. The fourth-order valence-corrected chi connectivity index (χ4v) is 1.37. The molecule has 0 bridgehead atoms. The van der Waals surface area contributed by atoms with Crippen LogP contribution in [0.5, 0.6) is 0 Å². The fraction of sp³-hybridized carbons (Fsp3) is 0.273. The number of tetrazole rings is 1. The number of aromatic amines is 1. The van der Waals surface area contributed by atoms with E-state index >= 15 is 0 Å². The van der Waals surface area contributed by atoms with Crippen LogP contribution in [0.3, 0.4) is 0 Å². The molecule has 0 radical (unpaired) electrons. The second-order valence-electron chi connectivity index (χ2n) is 3.71. The van der Waals surface area contributed by atoms with E-state index in [0.29, 0.717) is 5.95 Å². The zero-order valence-corrected chi connectivity index (χ0v) is 10.3. The zero-order valence-electron chi connectivity index (χ0n) is 10.3. The predicted molar refractivity (Wildman–Crippen MR) is 70.8 cm³/mol. The van der Waals surface area contributed by atoms with Crippen LogP contribution in [0.4, 0.5) is 11.6 Å². The van der Waals surface area contributed by atoms with Crippen LogP contribution in [0.15, 0.2) is 29.4 Å². The number of benzene rings is 1. The first-order valence-corrected chi connectivity index (χ1v) is 5.63. The summed E-state index contributed by atoms with van der Waals surface area (Å²) in [5.74, 6) is 0.341. The molecule has 1 heterocycles. The van der Waals surface area contributed by atoms with Gasteiger partial charge in [0.1, 0.15) is 0 Å². The van der Waals surface area contributed by atoms with Gasteiger partial charge < -0.3 is 4.90 Å². The van der Waals surface area contributed by atoms with E-state index in [1.165, 1.54) is 5.69 Å². The zero-order chi connectivity index (χ0) is 12.8. The number of nitrogens with one attached hydrogen (secondary N) is 2. The van der Waals surface area contributed by atoms with Gasteiger partial charge in [0.05, 0.1) is 6.21 Å². The van der Waals surface area contributed by atoms with E-state index in [1.54, 1.807) is 6.21 Å². The molecule has 0 unspecified atom stereocenters. The molecular weight excluding hydrogens is 230 g/mol. The van der Waals surface area contributed by atoms with Crippen LogP contribution in [-0.4, -0.2) is 40.4 Å². The Bertz CT molecular complexity index is 489.